The molecule has 0 aliphatic rings. The van der Waals surface area contributed by atoms with Gasteiger partial charge in [-0.25, -0.2) is 0 Å². The van der Waals surface area contributed by atoms with Crippen LogP contribution in [0, 0.1) is 0 Å². The summed E-state index contributed by atoms with van der Waals surface area (Å²) in [7, 11) is 0. The second-order valence-electron chi connectivity index (χ2n) is 17.1. The summed E-state index contributed by atoms with van der Waals surface area (Å²) in [6.45, 7) is 0. The van der Waals surface area contributed by atoms with Crippen LogP contribution in [0.4, 0.5) is 0 Å². The van der Waals surface area contributed by atoms with E-state index in [2.05, 4.69) is 291 Å². The van der Waals surface area contributed by atoms with Crippen molar-refractivity contribution in [3.05, 3.63) is 313 Å². The van der Waals surface area contributed by atoms with Gasteiger partial charge in [-0.2, -0.15) is 0 Å². The quantitative estimate of drug-likeness (QED) is 0.114. The minimum atomic E-state index is 1.17. The summed E-state index contributed by atoms with van der Waals surface area (Å²) >= 11 is 0. The van der Waals surface area contributed by atoms with Crippen LogP contribution in [0.25, 0.3) is 89.0 Å². The first-order chi connectivity index (χ1) is 33.8. The predicted octanol–water partition coefficient (Wildman–Crippen LogP) is 18.4. The second-order valence-corrected chi connectivity index (χ2v) is 17.1. The summed E-state index contributed by atoms with van der Waals surface area (Å²) < 4.78 is 0. The van der Waals surface area contributed by atoms with Crippen LogP contribution < -0.4 is 0 Å². The van der Waals surface area contributed by atoms with E-state index in [0.29, 0.717) is 0 Å². The minimum absolute atomic E-state index is 1.17. The summed E-state index contributed by atoms with van der Waals surface area (Å²) in [5.41, 5.74) is 23.8. The molecule has 0 aliphatic carbocycles. The topological polar surface area (TPSA) is 0 Å². The molecule has 320 valence electrons. The molecule has 0 radical (unpaired) electrons. The lowest BCUT2D eigenvalue weighted by atomic mass is 9.78. The van der Waals surface area contributed by atoms with Gasteiger partial charge in [-0.1, -0.05) is 279 Å². The molecular formula is C68H48. The van der Waals surface area contributed by atoms with Gasteiger partial charge in [0, 0.05) is 0 Å². The van der Waals surface area contributed by atoms with E-state index in [-0.39, 0.29) is 0 Å². The van der Waals surface area contributed by atoms with Gasteiger partial charge < -0.3 is 0 Å². The maximum Gasteiger partial charge on any atom is -0.00143 e. The van der Waals surface area contributed by atoms with Gasteiger partial charge in [-0.3, -0.25) is 0 Å². The average Bonchev–Trinajstić information content (AvgIpc) is 3.43. The molecule has 11 aromatic rings. The van der Waals surface area contributed by atoms with Gasteiger partial charge in [0.15, 0.2) is 0 Å². The van der Waals surface area contributed by atoms with E-state index in [1.165, 1.54) is 111 Å². The zero-order valence-electron chi connectivity index (χ0n) is 37.7. The Morgan fingerprint density at radius 2 is 0.441 bits per heavy atom. The van der Waals surface area contributed by atoms with Crippen LogP contribution in [-0.4, -0.2) is 0 Å². The van der Waals surface area contributed by atoms with Crippen LogP contribution in [0.3, 0.4) is 0 Å². The van der Waals surface area contributed by atoms with Gasteiger partial charge in [0.05, 0.1) is 0 Å². The maximum absolute atomic E-state index is 2.43. The summed E-state index contributed by atoms with van der Waals surface area (Å²) in [6.07, 6.45) is 0. The minimum Gasteiger partial charge on any atom is -0.0622 e. The van der Waals surface area contributed by atoms with E-state index in [9.17, 15) is 0 Å². The number of hydrogen-bond acceptors (Lipinski definition) is 0. The molecule has 0 amide bonds. The van der Waals surface area contributed by atoms with Gasteiger partial charge in [0.2, 0.25) is 0 Å². The summed E-state index contributed by atoms with van der Waals surface area (Å²) in [5, 5.41) is 0. The molecule has 0 saturated carbocycles. The van der Waals surface area contributed by atoms with Gasteiger partial charge in [0.1, 0.15) is 0 Å². The highest BCUT2D eigenvalue weighted by Gasteiger charge is 2.24. The average molecular weight is 865 g/mol. The Hall–Kier alpha value is -8.84. The van der Waals surface area contributed by atoms with Crippen molar-refractivity contribution in [3.8, 4) is 77.9 Å². The molecule has 0 spiro atoms. The van der Waals surface area contributed by atoms with Crippen molar-refractivity contribution in [2.24, 2.45) is 0 Å². The maximum atomic E-state index is 2.43. The van der Waals surface area contributed by atoms with Gasteiger partial charge in [-0.05, 0) is 123 Å². The van der Waals surface area contributed by atoms with Crippen LogP contribution in [0.15, 0.2) is 291 Å². The van der Waals surface area contributed by atoms with Crippen LogP contribution in [-0.2, 0) is 0 Å². The van der Waals surface area contributed by atoms with Gasteiger partial charge in [-0.15, -0.1) is 0 Å². The van der Waals surface area contributed by atoms with Crippen LogP contribution in [0.5, 0.6) is 0 Å². The molecule has 0 fully saturated rings. The first kappa shape index (κ1) is 41.8. The summed E-state index contributed by atoms with van der Waals surface area (Å²) in [5.74, 6) is 0. The Kier molecular flexibility index (Phi) is 11.9. The largest absolute Gasteiger partial charge is 0.0622 e. The molecule has 0 N–H and O–H groups in total. The molecule has 11 aromatic carbocycles. The molecule has 0 saturated heterocycles. The van der Waals surface area contributed by atoms with Crippen molar-refractivity contribution >= 4 is 11.1 Å². The fourth-order valence-electron chi connectivity index (χ4n) is 9.73. The highest BCUT2D eigenvalue weighted by atomic mass is 14.3. The molecule has 0 unspecified atom stereocenters. The molecule has 0 heterocycles. The zero-order valence-corrected chi connectivity index (χ0v) is 37.7. The lowest BCUT2D eigenvalue weighted by Gasteiger charge is -2.24. The van der Waals surface area contributed by atoms with Crippen molar-refractivity contribution in [2.45, 2.75) is 0 Å². The third kappa shape index (κ3) is 8.56. The molecule has 0 bridgehead atoms. The molecule has 0 aliphatic heterocycles. The van der Waals surface area contributed by atoms with Crippen molar-refractivity contribution in [1.82, 2.24) is 0 Å². The highest BCUT2D eigenvalue weighted by molar-refractivity contribution is 6.08. The van der Waals surface area contributed by atoms with Gasteiger partial charge in [0.25, 0.3) is 0 Å². The fourth-order valence-corrected chi connectivity index (χ4v) is 9.73. The molecule has 0 heteroatoms. The highest BCUT2D eigenvalue weighted by Crippen LogP contribution is 2.50. The fraction of sp³-hybridized carbons (Fsp3) is 0. The van der Waals surface area contributed by atoms with Crippen molar-refractivity contribution in [3.63, 3.8) is 0 Å². The third-order valence-electron chi connectivity index (χ3n) is 12.9. The molecule has 0 aromatic heterocycles. The second kappa shape index (κ2) is 19.3. The van der Waals surface area contributed by atoms with Crippen LogP contribution in [0.1, 0.15) is 22.3 Å². The Bertz CT molecular complexity index is 3410. The molecular weight excluding hydrogens is 817 g/mol. The lowest BCUT2D eigenvalue weighted by Crippen LogP contribution is -1.98. The predicted molar refractivity (Wildman–Crippen MR) is 289 cm³/mol. The normalized spacial score (nSPS) is 10.9. The van der Waals surface area contributed by atoms with Crippen molar-refractivity contribution in [2.75, 3.05) is 0 Å². The van der Waals surface area contributed by atoms with Crippen molar-refractivity contribution < 1.29 is 0 Å². The third-order valence-corrected chi connectivity index (χ3v) is 12.9. The van der Waals surface area contributed by atoms with E-state index in [1.54, 1.807) is 0 Å². The number of rotatable bonds is 11. The van der Waals surface area contributed by atoms with Crippen molar-refractivity contribution in [1.29, 1.82) is 0 Å². The van der Waals surface area contributed by atoms with E-state index >= 15 is 0 Å². The zero-order chi connectivity index (χ0) is 45.5. The van der Waals surface area contributed by atoms with E-state index < -0.39 is 0 Å². The Morgan fingerprint density at radius 3 is 0.853 bits per heavy atom. The summed E-state index contributed by atoms with van der Waals surface area (Å²) in [6, 6.07) is 105. The lowest BCUT2D eigenvalue weighted by molar-refractivity contribution is 1.50. The number of benzene rings is 11. The SMILES string of the molecule is c1ccc(C(=C(c2ccccc2)c2ccc(-c3ccc(-c4cccc(-c5cc(-c6ccccc6)c(-c6ccccc6)c(-c6ccccc6)c5-c5ccccc5)c4)cc3)cc2)c2ccccc2)cc1. The molecule has 0 atom stereocenters. The molecule has 0 nitrogen and oxygen atoms in total. The monoisotopic (exact) mass is 864 g/mol. The molecule has 68 heavy (non-hydrogen) atoms. The summed E-state index contributed by atoms with van der Waals surface area (Å²) in [4.78, 5) is 0. The van der Waals surface area contributed by atoms with E-state index in [0.717, 1.165) is 0 Å². The smallest absolute Gasteiger partial charge is 0.00143 e. The first-order valence-corrected chi connectivity index (χ1v) is 23.4. The Morgan fingerprint density at radius 1 is 0.162 bits per heavy atom. The number of hydrogen-bond donors (Lipinski definition) is 0. The standard InChI is InChI=1S/C68H48/c1-8-23-52(24-9-1)62-48-63(67(57-33-18-6-19-34-57)68(58-35-20-7-21-36-58)66(62)56-31-16-5-17-32-56)61-38-22-37-60(47-61)51-41-39-49(40-42-51)50-43-45-59(46-44-50)65(55-29-14-4-15-30-55)64(53-25-10-2-11-26-53)54-27-12-3-13-28-54/h1-48H. The van der Waals surface area contributed by atoms with Crippen LogP contribution >= 0.6 is 0 Å². The first-order valence-electron chi connectivity index (χ1n) is 23.4. The van der Waals surface area contributed by atoms with E-state index in [1.807, 2.05) is 0 Å². The van der Waals surface area contributed by atoms with Crippen LogP contribution in [0.2, 0.25) is 0 Å². The molecule has 11 rings (SSSR count). The Balaban J connectivity index is 1.01. The van der Waals surface area contributed by atoms with E-state index in [4.69, 9.17) is 0 Å². The Labute approximate surface area is 400 Å². The van der Waals surface area contributed by atoms with Gasteiger partial charge >= 0.3 is 0 Å².